The van der Waals surface area contributed by atoms with Crippen LogP contribution >= 0.6 is 39.3 Å². The highest BCUT2D eigenvalue weighted by molar-refractivity contribution is 9.10. The molecule has 1 aliphatic heterocycles. The summed E-state index contributed by atoms with van der Waals surface area (Å²) in [6.45, 7) is 0. The highest BCUT2D eigenvalue weighted by Crippen LogP contribution is 2.58. The Morgan fingerprint density at radius 3 is 2.08 bits per heavy atom. The Labute approximate surface area is 170 Å². The lowest BCUT2D eigenvalue weighted by atomic mass is 9.91. The number of halogens is 2. The second-order valence-electron chi connectivity index (χ2n) is 6.02. The minimum Gasteiger partial charge on any atom is -0.299 e. The topological polar surface area (TPSA) is 20.3 Å². The number of hydrogen-bond acceptors (Lipinski definition) is 2. The molecule has 0 saturated carbocycles. The number of benzene rings is 3. The third-order valence-corrected chi connectivity index (χ3v) is 6.68. The molecule has 0 unspecified atom stereocenters. The van der Waals surface area contributed by atoms with E-state index < -0.39 is 4.21 Å². The molecular formula is C21H15BrClNOS. The van der Waals surface area contributed by atoms with Gasteiger partial charge < -0.3 is 0 Å². The Hall–Kier alpha value is -1.75. The largest absolute Gasteiger partial charge is 0.299 e. The van der Waals surface area contributed by atoms with Crippen LogP contribution in [0.3, 0.4) is 0 Å². The van der Waals surface area contributed by atoms with Crippen LogP contribution in [0.1, 0.15) is 11.6 Å². The Balaban J connectivity index is 1.74. The zero-order chi connectivity index (χ0) is 18.1. The summed E-state index contributed by atoms with van der Waals surface area (Å²) in [4.78, 5) is 15.9. The number of β-lactam (4-membered cyclic amide) rings is 1. The first-order valence-corrected chi connectivity index (χ1v) is 10.2. The molecule has 0 N–H and O–H groups in total. The molecule has 2 atom stereocenters. The van der Waals surface area contributed by atoms with Crippen molar-refractivity contribution in [3.63, 3.8) is 0 Å². The minimum atomic E-state index is -1.06. The van der Waals surface area contributed by atoms with Gasteiger partial charge in [-0.05, 0) is 42.0 Å². The van der Waals surface area contributed by atoms with E-state index in [1.807, 2.05) is 84.9 Å². The van der Waals surface area contributed by atoms with Crippen LogP contribution in [-0.4, -0.2) is 10.1 Å². The zero-order valence-electron chi connectivity index (χ0n) is 13.7. The van der Waals surface area contributed by atoms with Crippen LogP contribution < -0.4 is 4.90 Å². The number of nitrogens with zero attached hydrogens (tertiary/aromatic N) is 1. The fourth-order valence-electron chi connectivity index (χ4n) is 3.12. The van der Waals surface area contributed by atoms with Crippen molar-refractivity contribution < 1.29 is 4.79 Å². The molecule has 0 aliphatic carbocycles. The molecular weight excluding hydrogens is 430 g/mol. The number of amides is 1. The first-order valence-electron chi connectivity index (χ1n) is 8.17. The van der Waals surface area contributed by atoms with Gasteiger partial charge in [-0.15, -0.1) is 0 Å². The fourth-order valence-corrected chi connectivity index (χ4v) is 5.15. The van der Waals surface area contributed by atoms with Crippen molar-refractivity contribution in [2.24, 2.45) is 0 Å². The molecule has 1 aliphatic rings. The summed E-state index contributed by atoms with van der Waals surface area (Å²) in [6.07, 6.45) is 0. The molecule has 3 aromatic rings. The summed E-state index contributed by atoms with van der Waals surface area (Å²) >= 11 is 11.8. The highest BCUT2D eigenvalue weighted by Gasteiger charge is 2.61. The van der Waals surface area contributed by atoms with Crippen LogP contribution in [0.5, 0.6) is 0 Å². The molecule has 4 rings (SSSR count). The zero-order valence-corrected chi connectivity index (χ0v) is 16.8. The molecule has 2 nitrogen and oxygen atoms in total. The average Bonchev–Trinajstić information content (AvgIpc) is 2.68. The lowest BCUT2D eigenvalue weighted by Crippen LogP contribution is -2.64. The quantitative estimate of drug-likeness (QED) is 0.349. The third-order valence-electron chi connectivity index (χ3n) is 4.35. The summed E-state index contributed by atoms with van der Waals surface area (Å²) in [5, 5.41) is 0. The normalized spacial score (nSPS) is 22.2. The molecule has 3 aromatic carbocycles. The van der Waals surface area contributed by atoms with E-state index in [1.54, 1.807) is 4.90 Å². The van der Waals surface area contributed by atoms with Gasteiger partial charge in [0.1, 0.15) is 0 Å². The van der Waals surface area contributed by atoms with Crippen LogP contribution in [0.25, 0.3) is 0 Å². The van der Waals surface area contributed by atoms with Gasteiger partial charge in [0.25, 0.3) is 5.91 Å². The second-order valence-corrected chi connectivity index (χ2v) is 9.08. The van der Waals surface area contributed by atoms with Crippen LogP contribution in [0, 0.1) is 0 Å². The van der Waals surface area contributed by atoms with Gasteiger partial charge in [0.2, 0.25) is 0 Å². The van der Waals surface area contributed by atoms with E-state index in [4.69, 9.17) is 11.6 Å². The van der Waals surface area contributed by atoms with Crippen molar-refractivity contribution >= 4 is 50.9 Å². The van der Waals surface area contributed by atoms with Crippen molar-refractivity contribution in [3.05, 3.63) is 95.0 Å². The van der Waals surface area contributed by atoms with Crippen LogP contribution in [0.15, 0.2) is 94.3 Å². The third kappa shape index (κ3) is 3.07. The van der Waals surface area contributed by atoms with Crippen molar-refractivity contribution in [1.29, 1.82) is 0 Å². The van der Waals surface area contributed by atoms with E-state index in [1.165, 1.54) is 11.8 Å². The van der Waals surface area contributed by atoms with Gasteiger partial charge in [0.05, 0.1) is 6.04 Å². The summed E-state index contributed by atoms with van der Waals surface area (Å²) in [7, 11) is 0. The van der Waals surface area contributed by atoms with E-state index in [-0.39, 0.29) is 11.9 Å². The van der Waals surface area contributed by atoms with Gasteiger partial charge in [-0.2, -0.15) is 0 Å². The standard InChI is InChI=1S/C21H15BrClNOS/c22-16-11-13-17(14-12-16)24-19(15-7-3-1-4-8-15)21(23,20(24)25)26-18-9-5-2-6-10-18/h1-14,19H/t19-,21+/m1/s1. The van der Waals surface area contributed by atoms with Crippen molar-refractivity contribution in [2.45, 2.75) is 15.1 Å². The fraction of sp³-hybridized carbons (Fsp3) is 0.0952. The number of hydrogen-bond donors (Lipinski definition) is 0. The van der Waals surface area contributed by atoms with Gasteiger partial charge in [-0.25, -0.2) is 0 Å². The molecule has 1 amide bonds. The van der Waals surface area contributed by atoms with Gasteiger partial charge in [-0.3, -0.25) is 9.69 Å². The molecule has 130 valence electrons. The summed E-state index contributed by atoms with van der Waals surface area (Å²) in [5.41, 5.74) is 1.87. The maximum atomic E-state index is 13.1. The van der Waals surface area contributed by atoms with Gasteiger partial charge in [-0.1, -0.05) is 87.8 Å². The molecule has 1 fully saturated rings. The smallest absolute Gasteiger partial charge is 0.262 e. The SMILES string of the molecule is O=C1N(c2ccc(Br)cc2)[C@H](c2ccccc2)[C@]1(Cl)Sc1ccccc1. The number of thioether (sulfide) groups is 1. The highest BCUT2D eigenvalue weighted by atomic mass is 79.9. The predicted octanol–water partition coefficient (Wildman–Crippen LogP) is 6.26. The van der Waals surface area contributed by atoms with Crippen LogP contribution in [0.2, 0.25) is 0 Å². The molecule has 0 radical (unpaired) electrons. The molecule has 26 heavy (non-hydrogen) atoms. The predicted molar refractivity (Wildman–Crippen MR) is 112 cm³/mol. The van der Waals surface area contributed by atoms with Crippen molar-refractivity contribution in [2.75, 3.05) is 4.90 Å². The first kappa shape index (κ1) is 17.7. The Morgan fingerprint density at radius 2 is 1.46 bits per heavy atom. The molecule has 5 heteroatoms. The maximum Gasteiger partial charge on any atom is 0.262 e. The Bertz CT molecular complexity index is 920. The number of rotatable bonds is 4. The van der Waals surface area contributed by atoms with Crippen molar-refractivity contribution in [1.82, 2.24) is 0 Å². The lowest BCUT2D eigenvalue weighted by molar-refractivity contribution is -0.125. The number of alkyl halides is 1. The van der Waals surface area contributed by atoms with Gasteiger partial charge in [0.15, 0.2) is 4.21 Å². The lowest BCUT2D eigenvalue weighted by Gasteiger charge is -2.52. The maximum absolute atomic E-state index is 13.1. The molecule has 0 aromatic heterocycles. The molecule has 0 bridgehead atoms. The van der Waals surface area contributed by atoms with Crippen LogP contribution in [-0.2, 0) is 4.79 Å². The second kappa shape index (κ2) is 7.10. The number of anilines is 1. The Morgan fingerprint density at radius 1 is 0.885 bits per heavy atom. The van der Waals surface area contributed by atoms with E-state index in [0.29, 0.717) is 0 Å². The summed E-state index contributed by atoms with van der Waals surface area (Å²) in [6, 6.07) is 27.3. The average molecular weight is 445 g/mol. The van der Waals surface area contributed by atoms with E-state index in [0.717, 1.165) is 20.6 Å². The van der Waals surface area contributed by atoms with Gasteiger partial charge >= 0.3 is 0 Å². The molecule has 1 heterocycles. The van der Waals surface area contributed by atoms with Crippen molar-refractivity contribution in [3.8, 4) is 0 Å². The number of carbonyl (C=O) groups excluding carboxylic acids is 1. The monoisotopic (exact) mass is 443 g/mol. The van der Waals surface area contributed by atoms with Crippen LogP contribution in [0.4, 0.5) is 5.69 Å². The van der Waals surface area contributed by atoms with Gasteiger partial charge in [0, 0.05) is 15.1 Å². The summed E-state index contributed by atoms with van der Waals surface area (Å²) in [5.74, 6) is -0.0933. The molecule has 0 spiro atoms. The Kier molecular flexibility index (Phi) is 4.82. The minimum absolute atomic E-state index is 0.0933. The first-order chi connectivity index (χ1) is 12.6. The van der Waals surface area contributed by atoms with E-state index in [9.17, 15) is 4.79 Å². The van der Waals surface area contributed by atoms with E-state index >= 15 is 0 Å². The number of carbonyl (C=O) groups is 1. The molecule has 1 saturated heterocycles. The van der Waals surface area contributed by atoms with E-state index in [2.05, 4.69) is 15.9 Å². The summed E-state index contributed by atoms with van der Waals surface area (Å²) < 4.78 is -0.0863.